The molecule has 11 heavy (non-hydrogen) atoms. The maximum Gasteiger partial charge on any atom is 0.228 e. The Labute approximate surface area is 63.6 Å². The summed E-state index contributed by atoms with van der Waals surface area (Å²) in [6.07, 6.45) is 2.06. The third kappa shape index (κ3) is 0.869. The third-order valence-electron chi connectivity index (χ3n) is 1.72. The van der Waals surface area contributed by atoms with Crippen molar-refractivity contribution in [1.29, 1.82) is 0 Å². The van der Waals surface area contributed by atoms with Crippen LogP contribution in [0, 0.1) is 6.92 Å². The largest absolute Gasteiger partial charge is 0.324 e. The lowest BCUT2D eigenvalue weighted by Crippen LogP contribution is -2.04. The number of nitrogens with one attached hydrogen (secondary N) is 1. The Balaban J connectivity index is 2.57. The Morgan fingerprint density at radius 2 is 2.45 bits per heavy atom. The summed E-state index contributed by atoms with van der Waals surface area (Å²) in [5.41, 5.74) is 2.57. The number of fused-ring (bicyclic) bond motifs is 1. The Kier molecular flexibility index (Phi) is 1.15. The van der Waals surface area contributed by atoms with Crippen molar-refractivity contribution in [2.24, 2.45) is 0 Å². The number of aromatic nitrogens is 2. The number of nitrogens with zero attached hydrogens (tertiary/aromatic N) is 2. The van der Waals surface area contributed by atoms with E-state index in [0.717, 1.165) is 16.9 Å². The van der Waals surface area contributed by atoms with Gasteiger partial charge in [0.05, 0.1) is 24.0 Å². The molecule has 0 bridgehead atoms. The fourth-order valence-corrected chi connectivity index (χ4v) is 1.19. The van der Waals surface area contributed by atoms with Crippen molar-refractivity contribution in [3.63, 3.8) is 0 Å². The van der Waals surface area contributed by atoms with E-state index in [1.807, 2.05) is 6.92 Å². The summed E-state index contributed by atoms with van der Waals surface area (Å²) in [7, 11) is 0. The predicted molar refractivity (Wildman–Crippen MR) is 39.1 cm³/mol. The first kappa shape index (κ1) is 6.27. The van der Waals surface area contributed by atoms with E-state index >= 15 is 0 Å². The minimum absolute atomic E-state index is 0.0258. The zero-order chi connectivity index (χ0) is 7.84. The van der Waals surface area contributed by atoms with Gasteiger partial charge in [0.2, 0.25) is 5.91 Å². The maximum absolute atomic E-state index is 10.9. The SMILES string of the molecule is Cc1nncc2c1NC(=O)C2. The normalized spacial score (nSPS) is 14.5. The summed E-state index contributed by atoms with van der Waals surface area (Å²) in [5.74, 6) is 0.0258. The molecule has 0 aromatic carbocycles. The summed E-state index contributed by atoms with van der Waals surface area (Å²) >= 11 is 0. The van der Waals surface area contributed by atoms with Crippen LogP contribution in [-0.2, 0) is 11.2 Å². The van der Waals surface area contributed by atoms with Gasteiger partial charge in [-0.1, -0.05) is 0 Å². The van der Waals surface area contributed by atoms with Crippen LogP contribution in [-0.4, -0.2) is 16.1 Å². The van der Waals surface area contributed by atoms with Crippen LogP contribution in [0.4, 0.5) is 5.69 Å². The standard InChI is InChI=1S/C7H7N3O/c1-4-7-5(3-8-10-4)2-6(11)9-7/h3H,2H2,1H3,(H,9,11). The van der Waals surface area contributed by atoms with Crippen LogP contribution < -0.4 is 5.32 Å². The number of amides is 1. The van der Waals surface area contributed by atoms with Gasteiger partial charge >= 0.3 is 0 Å². The molecule has 0 atom stereocenters. The van der Waals surface area contributed by atoms with Gasteiger partial charge in [-0.2, -0.15) is 10.2 Å². The minimum Gasteiger partial charge on any atom is -0.324 e. The van der Waals surface area contributed by atoms with E-state index in [0.29, 0.717) is 6.42 Å². The summed E-state index contributed by atoms with van der Waals surface area (Å²) in [6.45, 7) is 1.83. The summed E-state index contributed by atoms with van der Waals surface area (Å²) in [6, 6.07) is 0. The van der Waals surface area contributed by atoms with Crippen LogP contribution in [0.15, 0.2) is 6.20 Å². The Morgan fingerprint density at radius 1 is 1.64 bits per heavy atom. The van der Waals surface area contributed by atoms with Crippen molar-refractivity contribution in [2.45, 2.75) is 13.3 Å². The summed E-state index contributed by atoms with van der Waals surface area (Å²) in [5, 5.41) is 10.3. The van der Waals surface area contributed by atoms with Crippen molar-refractivity contribution in [3.8, 4) is 0 Å². The lowest BCUT2D eigenvalue weighted by molar-refractivity contribution is -0.115. The van der Waals surface area contributed by atoms with Gasteiger partial charge in [-0.25, -0.2) is 0 Å². The van der Waals surface area contributed by atoms with E-state index in [4.69, 9.17) is 0 Å². The van der Waals surface area contributed by atoms with Crippen molar-refractivity contribution in [3.05, 3.63) is 17.5 Å². The molecule has 0 saturated heterocycles. The molecule has 0 spiro atoms. The van der Waals surface area contributed by atoms with E-state index in [1.165, 1.54) is 0 Å². The monoisotopic (exact) mass is 149 g/mol. The van der Waals surface area contributed by atoms with Gasteiger partial charge in [-0.05, 0) is 6.92 Å². The van der Waals surface area contributed by atoms with Gasteiger partial charge in [-0.3, -0.25) is 4.79 Å². The average molecular weight is 149 g/mol. The van der Waals surface area contributed by atoms with E-state index in [2.05, 4.69) is 15.5 Å². The molecule has 0 saturated carbocycles. The molecule has 0 fully saturated rings. The lowest BCUT2D eigenvalue weighted by Gasteiger charge is -1.98. The van der Waals surface area contributed by atoms with Crippen molar-refractivity contribution in [2.75, 3.05) is 5.32 Å². The van der Waals surface area contributed by atoms with Gasteiger partial charge in [0.1, 0.15) is 0 Å². The number of rotatable bonds is 0. The minimum atomic E-state index is 0.0258. The van der Waals surface area contributed by atoms with Crippen LogP contribution in [0.1, 0.15) is 11.3 Å². The molecule has 56 valence electrons. The van der Waals surface area contributed by atoms with Crippen LogP contribution in [0.2, 0.25) is 0 Å². The van der Waals surface area contributed by atoms with Gasteiger partial charge in [0.25, 0.3) is 0 Å². The molecule has 2 rings (SSSR count). The first-order valence-electron chi connectivity index (χ1n) is 3.38. The second-order valence-electron chi connectivity index (χ2n) is 2.56. The Morgan fingerprint density at radius 3 is 3.18 bits per heavy atom. The molecule has 0 radical (unpaired) electrons. The van der Waals surface area contributed by atoms with E-state index in [-0.39, 0.29) is 5.91 Å². The van der Waals surface area contributed by atoms with E-state index < -0.39 is 0 Å². The molecular weight excluding hydrogens is 142 g/mol. The van der Waals surface area contributed by atoms with Crippen molar-refractivity contribution < 1.29 is 4.79 Å². The third-order valence-corrected chi connectivity index (χ3v) is 1.72. The number of aryl methyl sites for hydroxylation is 1. The van der Waals surface area contributed by atoms with Gasteiger partial charge in [-0.15, -0.1) is 0 Å². The Hall–Kier alpha value is -1.45. The topological polar surface area (TPSA) is 54.9 Å². The molecular formula is C7H7N3O. The number of carbonyl (C=O) groups is 1. The number of anilines is 1. The number of carbonyl (C=O) groups excluding carboxylic acids is 1. The first-order chi connectivity index (χ1) is 5.27. The summed E-state index contributed by atoms with van der Waals surface area (Å²) < 4.78 is 0. The highest BCUT2D eigenvalue weighted by Gasteiger charge is 2.19. The smallest absolute Gasteiger partial charge is 0.228 e. The Bertz CT molecular complexity index is 321. The predicted octanol–water partition coefficient (Wildman–Crippen LogP) is 0.280. The van der Waals surface area contributed by atoms with Crippen molar-refractivity contribution >= 4 is 11.6 Å². The quantitative estimate of drug-likeness (QED) is 0.576. The first-order valence-corrected chi connectivity index (χ1v) is 3.38. The fourth-order valence-electron chi connectivity index (χ4n) is 1.19. The van der Waals surface area contributed by atoms with Crippen LogP contribution >= 0.6 is 0 Å². The highest BCUT2D eigenvalue weighted by Crippen LogP contribution is 2.23. The second kappa shape index (κ2) is 2.02. The summed E-state index contributed by atoms with van der Waals surface area (Å²) in [4.78, 5) is 10.9. The van der Waals surface area contributed by atoms with Crippen LogP contribution in [0.5, 0.6) is 0 Å². The second-order valence-corrected chi connectivity index (χ2v) is 2.56. The number of hydrogen-bond acceptors (Lipinski definition) is 3. The molecule has 4 heteroatoms. The lowest BCUT2D eigenvalue weighted by atomic mass is 10.2. The van der Waals surface area contributed by atoms with Crippen molar-refractivity contribution in [1.82, 2.24) is 10.2 Å². The highest BCUT2D eigenvalue weighted by atomic mass is 16.1. The average Bonchev–Trinajstić information content (AvgIpc) is 2.31. The van der Waals surface area contributed by atoms with Crippen LogP contribution in [0.25, 0.3) is 0 Å². The fraction of sp³-hybridized carbons (Fsp3) is 0.286. The van der Waals surface area contributed by atoms with Crippen LogP contribution in [0.3, 0.4) is 0 Å². The number of hydrogen-bond donors (Lipinski definition) is 1. The molecule has 0 aliphatic carbocycles. The molecule has 1 aliphatic rings. The van der Waals surface area contributed by atoms with E-state index in [9.17, 15) is 4.79 Å². The molecule has 1 aromatic heterocycles. The molecule has 1 amide bonds. The molecule has 1 aromatic rings. The maximum atomic E-state index is 10.9. The molecule has 2 heterocycles. The molecule has 1 aliphatic heterocycles. The highest BCUT2D eigenvalue weighted by molar-refractivity contribution is 5.99. The molecule has 1 N–H and O–H groups in total. The molecule has 4 nitrogen and oxygen atoms in total. The zero-order valence-electron chi connectivity index (χ0n) is 6.09. The molecule has 0 unspecified atom stereocenters. The van der Waals surface area contributed by atoms with E-state index in [1.54, 1.807) is 6.20 Å². The van der Waals surface area contributed by atoms with Gasteiger partial charge in [0, 0.05) is 5.56 Å². The van der Waals surface area contributed by atoms with Gasteiger partial charge in [0.15, 0.2) is 0 Å². The zero-order valence-corrected chi connectivity index (χ0v) is 6.09. The van der Waals surface area contributed by atoms with Gasteiger partial charge < -0.3 is 5.32 Å².